The third-order valence-electron chi connectivity index (χ3n) is 3.13. The molecule has 0 aliphatic rings. The maximum Gasteiger partial charge on any atom is 0.166 e. The van der Waals surface area contributed by atoms with Crippen LogP contribution < -0.4 is 5.73 Å². The Morgan fingerprint density at radius 2 is 2.21 bits per heavy atom. The van der Waals surface area contributed by atoms with Crippen molar-refractivity contribution < 1.29 is 4.74 Å². The van der Waals surface area contributed by atoms with Crippen molar-refractivity contribution in [3.05, 3.63) is 12.7 Å². The maximum absolute atomic E-state index is 5.76. The first kappa shape index (κ1) is 13.7. The summed E-state index contributed by atoms with van der Waals surface area (Å²) in [5, 5.41) is 0. The minimum Gasteiger partial charge on any atom is -0.382 e. The molecular formula is C12H20N6O. The summed E-state index contributed by atoms with van der Waals surface area (Å²) in [6, 6.07) is 0. The van der Waals surface area contributed by atoms with Crippen LogP contribution in [0.1, 0.15) is 13.3 Å². The molecule has 0 aliphatic carbocycles. The van der Waals surface area contributed by atoms with Crippen molar-refractivity contribution >= 4 is 17.0 Å². The lowest BCUT2D eigenvalue weighted by Gasteiger charge is -2.22. The van der Waals surface area contributed by atoms with Gasteiger partial charge in [0.15, 0.2) is 11.5 Å². The van der Waals surface area contributed by atoms with Gasteiger partial charge in [0.1, 0.15) is 11.8 Å². The van der Waals surface area contributed by atoms with Crippen molar-refractivity contribution in [1.82, 2.24) is 24.4 Å². The second kappa shape index (κ2) is 5.94. The number of ether oxygens (including phenoxy) is 1. The SMILES string of the molecule is CCC(CN(C)Cn1cnc2c(N)ncnc21)OC. The number of fused-ring (bicyclic) bond motifs is 1. The average molecular weight is 264 g/mol. The van der Waals surface area contributed by atoms with Crippen LogP contribution in [0.4, 0.5) is 5.82 Å². The number of likely N-dealkylation sites (N-methyl/N-ethyl adjacent to an activating group) is 1. The predicted octanol–water partition coefficient (Wildman–Crippen LogP) is 0.723. The number of nitrogen functional groups attached to an aromatic ring is 1. The third-order valence-corrected chi connectivity index (χ3v) is 3.13. The first-order valence-corrected chi connectivity index (χ1v) is 6.28. The Morgan fingerprint density at radius 1 is 1.42 bits per heavy atom. The van der Waals surface area contributed by atoms with Gasteiger partial charge in [-0.1, -0.05) is 6.92 Å². The van der Waals surface area contributed by atoms with E-state index >= 15 is 0 Å². The number of nitrogens with zero attached hydrogens (tertiary/aromatic N) is 5. The van der Waals surface area contributed by atoms with Crippen molar-refractivity contribution in [3.63, 3.8) is 0 Å². The van der Waals surface area contributed by atoms with Gasteiger partial charge >= 0.3 is 0 Å². The first-order chi connectivity index (χ1) is 9.15. The summed E-state index contributed by atoms with van der Waals surface area (Å²) < 4.78 is 7.34. The molecule has 2 aromatic rings. The normalized spacial score (nSPS) is 13.3. The highest BCUT2D eigenvalue weighted by molar-refractivity contribution is 5.80. The third kappa shape index (κ3) is 2.99. The summed E-state index contributed by atoms with van der Waals surface area (Å²) >= 11 is 0. The quantitative estimate of drug-likeness (QED) is 0.828. The minimum atomic E-state index is 0.236. The predicted molar refractivity (Wildman–Crippen MR) is 73.5 cm³/mol. The van der Waals surface area contributed by atoms with Crippen molar-refractivity contribution in [2.45, 2.75) is 26.1 Å². The Morgan fingerprint density at radius 3 is 2.89 bits per heavy atom. The maximum atomic E-state index is 5.76. The summed E-state index contributed by atoms with van der Waals surface area (Å²) in [7, 11) is 3.78. The van der Waals surface area contributed by atoms with Gasteiger partial charge in [-0.25, -0.2) is 15.0 Å². The molecule has 19 heavy (non-hydrogen) atoms. The molecule has 2 heterocycles. The molecule has 0 radical (unpaired) electrons. The molecule has 1 unspecified atom stereocenters. The van der Waals surface area contributed by atoms with E-state index in [9.17, 15) is 0 Å². The van der Waals surface area contributed by atoms with Gasteiger partial charge in [0.05, 0.1) is 19.1 Å². The highest BCUT2D eigenvalue weighted by Crippen LogP contribution is 2.14. The van der Waals surface area contributed by atoms with Crippen LogP contribution in [0.15, 0.2) is 12.7 Å². The van der Waals surface area contributed by atoms with Crippen LogP contribution in [0.3, 0.4) is 0 Å². The van der Waals surface area contributed by atoms with Gasteiger partial charge < -0.3 is 15.0 Å². The molecule has 0 saturated carbocycles. The molecule has 2 N–H and O–H groups in total. The van der Waals surface area contributed by atoms with Gasteiger partial charge in [0.25, 0.3) is 0 Å². The van der Waals surface area contributed by atoms with E-state index in [2.05, 4.69) is 26.8 Å². The van der Waals surface area contributed by atoms with Crippen LogP contribution in [-0.4, -0.2) is 51.2 Å². The zero-order chi connectivity index (χ0) is 13.8. The number of anilines is 1. The lowest BCUT2D eigenvalue weighted by molar-refractivity contribution is 0.0611. The number of nitrogens with two attached hydrogens (primary N) is 1. The fourth-order valence-electron chi connectivity index (χ4n) is 2.04. The van der Waals surface area contributed by atoms with Gasteiger partial charge in [0.2, 0.25) is 0 Å². The van der Waals surface area contributed by atoms with E-state index in [0.29, 0.717) is 18.0 Å². The number of aromatic nitrogens is 4. The largest absolute Gasteiger partial charge is 0.382 e. The second-order valence-electron chi connectivity index (χ2n) is 4.59. The van der Waals surface area contributed by atoms with Gasteiger partial charge in [-0.3, -0.25) is 4.90 Å². The fraction of sp³-hybridized carbons (Fsp3) is 0.583. The van der Waals surface area contributed by atoms with Gasteiger partial charge in [0, 0.05) is 13.7 Å². The zero-order valence-corrected chi connectivity index (χ0v) is 11.6. The topological polar surface area (TPSA) is 82.1 Å². The minimum absolute atomic E-state index is 0.236. The molecule has 0 aromatic carbocycles. The van der Waals surface area contributed by atoms with E-state index in [4.69, 9.17) is 10.5 Å². The summed E-state index contributed by atoms with van der Waals surface area (Å²) in [6.45, 7) is 3.66. The number of rotatable bonds is 6. The van der Waals surface area contributed by atoms with Gasteiger partial charge in [-0.2, -0.15) is 0 Å². The molecule has 2 aromatic heterocycles. The van der Waals surface area contributed by atoms with Crippen molar-refractivity contribution in [3.8, 4) is 0 Å². The summed E-state index contributed by atoms with van der Waals surface area (Å²) in [5.41, 5.74) is 7.17. The molecule has 7 nitrogen and oxygen atoms in total. The molecule has 7 heteroatoms. The number of imidazole rings is 1. The van der Waals surface area contributed by atoms with Crippen molar-refractivity contribution in [1.29, 1.82) is 0 Å². The Balaban J connectivity index is 2.11. The Kier molecular flexibility index (Phi) is 4.28. The summed E-state index contributed by atoms with van der Waals surface area (Å²) in [6.07, 6.45) is 4.42. The molecule has 104 valence electrons. The number of hydrogen-bond donors (Lipinski definition) is 1. The van der Waals surface area contributed by atoms with Crippen LogP contribution in [-0.2, 0) is 11.4 Å². The van der Waals surface area contributed by atoms with Crippen LogP contribution in [0.25, 0.3) is 11.2 Å². The second-order valence-corrected chi connectivity index (χ2v) is 4.59. The lowest BCUT2D eigenvalue weighted by atomic mass is 10.2. The number of hydrogen-bond acceptors (Lipinski definition) is 6. The molecule has 0 bridgehead atoms. The highest BCUT2D eigenvalue weighted by Gasteiger charge is 2.12. The molecule has 0 aliphatic heterocycles. The van der Waals surface area contributed by atoms with Crippen LogP contribution in [0.5, 0.6) is 0 Å². The van der Waals surface area contributed by atoms with Gasteiger partial charge in [-0.15, -0.1) is 0 Å². The standard InChI is InChI=1S/C12H20N6O/c1-4-9(19-3)5-17(2)8-18-7-16-10-11(13)14-6-15-12(10)18/h6-7,9H,4-5,8H2,1-3H3,(H2,13,14,15). The van der Waals surface area contributed by atoms with Crippen LogP contribution in [0, 0.1) is 0 Å². The monoisotopic (exact) mass is 264 g/mol. The van der Waals surface area contributed by atoms with E-state index in [-0.39, 0.29) is 6.10 Å². The highest BCUT2D eigenvalue weighted by atomic mass is 16.5. The molecule has 1 atom stereocenters. The van der Waals surface area contributed by atoms with E-state index in [0.717, 1.165) is 18.6 Å². The number of methoxy groups -OCH3 is 1. The summed E-state index contributed by atoms with van der Waals surface area (Å²) in [5.74, 6) is 0.412. The molecule has 0 fully saturated rings. The lowest BCUT2D eigenvalue weighted by Crippen LogP contribution is -2.31. The first-order valence-electron chi connectivity index (χ1n) is 6.28. The van der Waals surface area contributed by atoms with E-state index in [1.54, 1.807) is 13.4 Å². The average Bonchev–Trinajstić information content (AvgIpc) is 2.81. The molecular weight excluding hydrogens is 244 g/mol. The fourth-order valence-corrected chi connectivity index (χ4v) is 2.04. The molecule has 0 amide bonds. The van der Waals surface area contributed by atoms with Crippen LogP contribution in [0.2, 0.25) is 0 Å². The summed E-state index contributed by atoms with van der Waals surface area (Å²) in [4.78, 5) is 14.6. The molecule has 2 rings (SSSR count). The Labute approximate surface area is 112 Å². The van der Waals surface area contributed by atoms with Crippen molar-refractivity contribution in [2.75, 3.05) is 26.4 Å². The van der Waals surface area contributed by atoms with E-state index in [1.807, 2.05) is 11.6 Å². The molecule has 0 spiro atoms. The van der Waals surface area contributed by atoms with E-state index < -0.39 is 0 Å². The molecule has 0 saturated heterocycles. The van der Waals surface area contributed by atoms with Crippen LogP contribution >= 0.6 is 0 Å². The smallest absolute Gasteiger partial charge is 0.166 e. The van der Waals surface area contributed by atoms with E-state index in [1.165, 1.54) is 6.33 Å². The zero-order valence-electron chi connectivity index (χ0n) is 11.6. The van der Waals surface area contributed by atoms with Gasteiger partial charge in [-0.05, 0) is 13.5 Å². The Bertz CT molecular complexity index is 536. The Hall–Kier alpha value is -1.73. The van der Waals surface area contributed by atoms with Crippen molar-refractivity contribution in [2.24, 2.45) is 0 Å².